The minimum Gasteiger partial charge on any atom is -0.296 e. The zero-order valence-corrected chi connectivity index (χ0v) is 10.7. The number of anilines is 1. The maximum atomic E-state index is 11.8. The van der Waals surface area contributed by atoms with Crippen LogP contribution in [-0.4, -0.2) is 21.1 Å². The van der Waals surface area contributed by atoms with Crippen molar-refractivity contribution in [3.05, 3.63) is 33.5 Å². The summed E-state index contributed by atoms with van der Waals surface area (Å²) < 4.78 is 0.619. The molecule has 0 aliphatic rings. The lowest BCUT2D eigenvalue weighted by atomic mass is 10.2. The van der Waals surface area contributed by atoms with Gasteiger partial charge < -0.3 is 0 Å². The van der Waals surface area contributed by atoms with Crippen LogP contribution in [0.3, 0.4) is 0 Å². The van der Waals surface area contributed by atoms with E-state index in [1.165, 1.54) is 11.3 Å². The molecule has 0 spiro atoms. The molecular weight excluding hydrogens is 292 g/mol. The summed E-state index contributed by atoms with van der Waals surface area (Å²) in [5, 5.41) is 11.6. The molecule has 0 fully saturated rings. The Labute approximate surface area is 104 Å². The van der Waals surface area contributed by atoms with Gasteiger partial charge in [0.25, 0.3) is 5.91 Å². The van der Waals surface area contributed by atoms with Crippen molar-refractivity contribution in [1.82, 2.24) is 15.2 Å². The fourth-order valence-corrected chi connectivity index (χ4v) is 2.01. The zero-order chi connectivity index (χ0) is 11.5. The Kier molecular flexibility index (Phi) is 3.25. The molecule has 0 aromatic carbocycles. The first-order chi connectivity index (χ1) is 7.65. The molecule has 16 heavy (non-hydrogen) atoms. The van der Waals surface area contributed by atoms with E-state index in [0.717, 1.165) is 5.01 Å². The van der Waals surface area contributed by atoms with Gasteiger partial charge in [-0.15, -0.1) is 10.2 Å². The number of nitrogens with zero attached hydrogens (tertiary/aromatic N) is 3. The highest BCUT2D eigenvalue weighted by Crippen LogP contribution is 2.15. The fourth-order valence-electron chi connectivity index (χ4n) is 1.06. The van der Waals surface area contributed by atoms with Gasteiger partial charge in [0.15, 0.2) is 0 Å². The first-order valence-electron chi connectivity index (χ1n) is 4.38. The van der Waals surface area contributed by atoms with E-state index in [1.54, 1.807) is 18.3 Å². The van der Waals surface area contributed by atoms with Crippen molar-refractivity contribution in [3.8, 4) is 0 Å². The molecule has 2 aromatic heterocycles. The van der Waals surface area contributed by atoms with Crippen molar-refractivity contribution < 1.29 is 4.79 Å². The molecule has 7 heteroatoms. The molecule has 2 aromatic rings. The number of aryl methyl sites for hydroxylation is 1. The Morgan fingerprint density at radius 2 is 2.31 bits per heavy atom. The first-order valence-corrected chi connectivity index (χ1v) is 5.99. The Hall–Kier alpha value is -1.34. The topological polar surface area (TPSA) is 67.8 Å². The molecule has 82 valence electrons. The largest absolute Gasteiger partial charge is 0.296 e. The van der Waals surface area contributed by atoms with Crippen LogP contribution in [-0.2, 0) is 0 Å². The molecule has 0 radical (unpaired) electrons. The minimum absolute atomic E-state index is 0.223. The summed E-state index contributed by atoms with van der Waals surface area (Å²) in [7, 11) is 0. The van der Waals surface area contributed by atoms with Gasteiger partial charge in [-0.05, 0) is 35.0 Å². The van der Waals surface area contributed by atoms with Crippen molar-refractivity contribution in [2.24, 2.45) is 0 Å². The number of pyridine rings is 1. The van der Waals surface area contributed by atoms with Crippen LogP contribution in [0.1, 0.15) is 15.4 Å². The van der Waals surface area contributed by atoms with Crippen molar-refractivity contribution in [2.45, 2.75) is 6.92 Å². The maximum absolute atomic E-state index is 11.8. The van der Waals surface area contributed by atoms with Crippen LogP contribution in [0.2, 0.25) is 0 Å². The third kappa shape index (κ3) is 2.61. The van der Waals surface area contributed by atoms with Gasteiger partial charge in [-0.3, -0.25) is 10.1 Å². The summed E-state index contributed by atoms with van der Waals surface area (Å²) >= 11 is 4.54. The zero-order valence-electron chi connectivity index (χ0n) is 8.27. The third-order valence-electron chi connectivity index (χ3n) is 1.74. The highest BCUT2D eigenvalue weighted by atomic mass is 79.9. The number of carbonyl (C=O) groups excluding carboxylic acids is 1. The van der Waals surface area contributed by atoms with Crippen LogP contribution in [0.25, 0.3) is 0 Å². The first kappa shape index (κ1) is 11.2. The van der Waals surface area contributed by atoms with E-state index >= 15 is 0 Å². The normalized spacial score (nSPS) is 10.1. The standard InChI is InChI=1S/C9H7BrN4OS/c1-5-13-14-9(16-5)12-8(15)6-2-3-11-7(10)4-6/h2-4H,1H3,(H,12,14,15). The van der Waals surface area contributed by atoms with Crippen LogP contribution in [0.15, 0.2) is 22.9 Å². The Morgan fingerprint density at radius 3 is 2.94 bits per heavy atom. The summed E-state index contributed by atoms with van der Waals surface area (Å²) in [5.74, 6) is -0.223. The molecule has 2 rings (SSSR count). The van der Waals surface area contributed by atoms with Crippen LogP contribution in [0.5, 0.6) is 0 Å². The number of hydrogen-bond donors (Lipinski definition) is 1. The lowest BCUT2D eigenvalue weighted by Crippen LogP contribution is -2.11. The van der Waals surface area contributed by atoms with Crippen molar-refractivity contribution in [1.29, 1.82) is 0 Å². The SMILES string of the molecule is Cc1nnc(NC(=O)c2ccnc(Br)c2)s1. The molecule has 0 bridgehead atoms. The smallest absolute Gasteiger partial charge is 0.257 e. The molecule has 0 atom stereocenters. The predicted molar refractivity (Wildman–Crippen MR) is 64.5 cm³/mol. The summed E-state index contributed by atoms with van der Waals surface area (Å²) in [6, 6.07) is 3.28. The minimum atomic E-state index is -0.223. The Balaban J connectivity index is 2.14. The summed E-state index contributed by atoms with van der Waals surface area (Å²) in [6.45, 7) is 1.83. The van der Waals surface area contributed by atoms with Gasteiger partial charge in [0.05, 0.1) is 0 Å². The van der Waals surface area contributed by atoms with Gasteiger partial charge >= 0.3 is 0 Å². The average Bonchev–Trinajstić information content (AvgIpc) is 2.64. The number of amides is 1. The molecule has 0 unspecified atom stereocenters. The predicted octanol–water partition coefficient (Wildman–Crippen LogP) is 2.26. The van der Waals surface area contributed by atoms with Crippen molar-refractivity contribution >= 4 is 38.3 Å². The van der Waals surface area contributed by atoms with Gasteiger partial charge in [0.2, 0.25) is 5.13 Å². The molecule has 2 heterocycles. The number of hydrogen-bond acceptors (Lipinski definition) is 5. The van der Waals surface area contributed by atoms with Gasteiger partial charge in [-0.1, -0.05) is 11.3 Å². The van der Waals surface area contributed by atoms with Crippen molar-refractivity contribution in [3.63, 3.8) is 0 Å². The molecule has 1 amide bonds. The third-order valence-corrected chi connectivity index (χ3v) is 2.92. The van der Waals surface area contributed by atoms with E-state index in [1.807, 2.05) is 6.92 Å². The van der Waals surface area contributed by atoms with E-state index in [-0.39, 0.29) is 5.91 Å². The number of carbonyl (C=O) groups is 1. The Morgan fingerprint density at radius 1 is 1.50 bits per heavy atom. The second-order valence-electron chi connectivity index (χ2n) is 2.95. The molecule has 1 N–H and O–H groups in total. The van der Waals surface area contributed by atoms with Crippen LogP contribution < -0.4 is 5.32 Å². The molecule has 0 saturated heterocycles. The van der Waals surface area contributed by atoms with E-state index in [2.05, 4.69) is 36.4 Å². The lowest BCUT2D eigenvalue weighted by Gasteiger charge is -2.00. The van der Waals surface area contributed by atoms with Gasteiger partial charge in [-0.25, -0.2) is 4.98 Å². The second kappa shape index (κ2) is 4.67. The molecule has 0 saturated carbocycles. The summed E-state index contributed by atoms with van der Waals surface area (Å²) in [6.07, 6.45) is 1.56. The number of halogens is 1. The quantitative estimate of drug-likeness (QED) is 0.864. The van der Waals surface area contributed by atoms with Crippen molar-refractivity contribution in [2.75, 3.05) is 5.32 Å². The van der Waals surface area contributed by atoms with Gasteiger partial charge in [0, 0.05) is 11.8 Å². The van der Waals surface area contributed by atoms with E-state index in [9.17, 15) is 4.79 Å². The molecule has 5 nitrogen and oxygen atoms in total. The molecular formula is C9H7BrN4OS. The summed E-state index contributed by atoms with van der Waals surface area (Å²) in [5.41, 5.74) is 0.523. The maximum Gasteiger partial charge on any atom is 0.257 e. The number of aromatic nitrogens is 3. The lowest BCUT2D eigenvalue weighted by molar-refractivity contribution is 0.102. The average molecular weight is 299 g/mol. The van der Waals surface area contributed by atoms with Crippen LogP contribution in [0.4, 0.5) is 5.13 Å². The van der Waals surface area contributed by atoms with Crippen LogP contribution in [0, 0.1) is 6.92 Å². The fraction of sp³-hybridized carbons (Fsp3) is 0.111. The second-order valence-corrected chi connectivity index (χ2v) is 4.94. The van der Waals surface area contributed by atoms with Gasteiger partial charge in [-0.2, -0.15) is 0 Å². The number of rotatable bonds is 2. The highest BCUT2D eigenvalue weighted by Gasteiger charge is 2.09. The van der Waals surface area contributed by atoms with Gasteiger partial charge in [0.1, 0.15) is 9.61 Å². The summed E-state index contributed by atoms with van der Waals surface area (Å²) in [4.78, 5) is 15.7. The molecule has 0 aliphatic carbocycles. The highest BCUT2D eigenvalue weighted by molar-refractivity contribution is 9.10. The van der Waals surface area contributed by atoms with E-state index < -0.39 is 0 Å². The van der Waals surface area contributed by atoms with Crippen LogP contribution >= 0.6 is 27.3 Å². The number of nitrogens with one attached hydrogen (secondary N) is 1. The Bertz CT molecular complexity index is 528. The van der Waals surface area contributed by atoms with E-state index in [0.29, 0.717) is 15.3 Å². The van der Waals surface area contributed by atoms with E-state index in [4.69, 9.17) is 0 Å². The monoisotopic (exact) mass is 298 g/mol. The molecule has 0 aliphatic heterocycles.